The second-order valence-electron chi connectivity index (χ2n) is 6.85. The van der Waals surface area contributed by atoms with Crippen molar-refractivity contribution in [2.75, 3.05) is 5.75 Å². The highest BCUT2D eigenvalue weighted by atomic mass is 32.2. The normalized spacial score (nSPS) is 11.1. The number of fused-ring (bicyclic) bond motifs is 1. The fourth-order valence-corrected chi connectivity index (χ4v) is 4.57. The largest absolute Gasteiger partial charge is 0.351 e. The van der Waals surface area contributed by atoms with Crippen LogP contribution in [0.2, 0.25) is 0 Å². The molecule has 0 fully saturated rings. The van der Waals surface area contributed by atoms with E-state index in [0.29, 0.717) is 16.8 Å². The van der Waals surface area contributed by atoms with Gasteiger partial charge >= 0.3 is 0 Å². The highest BCUT2D eigenvalue weighted by Crippen LogP contribution is 2.24. The third kappa shape index (κ3) is 4.83. The molecule has 0 atom stereocenters. The summed E-state index contributed by atoms with van der Waals surface area (Å²) in [5.74, 6) is -1.87. The van der Waals surface area contributed by atoms with Gasteiger partial charge in [0.25, 0.3) is 5.56 Å². The van der Waals surface area contributed by atoms with Crippen LogP contribution in [0.5, 0.6) is 0 Å². The predicted molar refractivity (Wildman–Crippen MR) is 119 cm³/mol. The highest BCUT2D eigenvalue weighted by Gasteiger charge is 2.17. The van der Waals surface area contributed by atoms with Crippen molar-refractivity contribution in [1.82, 2.24) is 14.9 Å². The fourth-order valence-electron chi connectivity index (χ4n) is 2.97. The molecule has 158 valence electrons. The molecule has 4 aromatic rings. The smallest absolute Gasteiger partial charge is 0.276 e. The zero-order chi connectivity index (χ0) is 22.0. The number of thiophene rings is 1. The monoisotopic (exact) mass is 457 g/mol. The molecule has 9 heteroatoms. The molecule has 31 heavy (non-hydrogen) atoms. The van der Waals surface area contributed by atoms with E-state index in [1.165, 1.54) is 11.3 Å². The van der Waals surface area contributed by atoms with E-state index in [2.05, 4.69) is 10.3 Å². The maximum absolute atomic E-state index is 13.8. The predicted octanol–water partition coefficient (Wildman–Crippen LogP) is 4.44. The lowest BCUT2D eigenvalue weighted by molar-refractivity contribution is -0.118. The Labute approximate surface area is 184 Å². The Hall–Kier alpha value is -3.04. The first-order chi connectivity index (χ1) is 14.9. The number of aromatic nitrogens is 2. The van der Waals surface area contributed by atoms with Crippen molar-refractivity contribution in [3.05, 3.63) is 87.0 Å². The number of thioether (sulfide) groups is 1. The van der Waals surface area contributed by atoms with E-state index in [1.54, 1.807) is 11.4 Å². The second-order valence-corrected chi connectivity index (χ2v) is 8.71. The lowest BCUT2D eigenvalue weighted by atomic mass is 10.1. The topological polar surface area (TPSA) is 64.0 Å². The highest BCUT2D eigenvalue weighted by molar-refractivity contribution is 7.99. The van der Waals surface area contributed by atoms with Gasteiger partial charge in [-0.1, -0.05) is 41.6 Å². The minimum atomic E-state index is -0.806. The molecular formula is C22H17F2N3O2S2. The van der Waals surface area contributed by atoms with Crippen LogP contribution in [0.15, 0.2) is 63.9 Å². The molecule has 0 saturated carbocycles. The molecule has 2 aromatic carbocycles. The summed E-state index contributed by atoms with van der Waals surface area (Å²) in [4.78, 5) is 29.8. The standard InChI is InChI=1S/C22H17F2N3O2S2/c1-13-2-4-14(5-3-13)11-25-19(28)12-31-22-26-18-6-7-30-20(18)21(29)27(22)17-9-15(23)8-16(24)10-17/h2-10H,11-12H2,1H3,(H,25,28). The fraction of sp³-hybridized carbons (Fsp3) is 0.136. The van der Waals surface area contributed by atoms with Crippen LogP contribution in [0.4, 0.5) is 8.78 Å². The zero-order valence-electron chi connectivity index (χ0n) is 16.4. The molecule has 0 aliphatic rings. The first-order valence-electron chi connectivity index (χ1n) is 9.32. The molecule has 4 rings (SSSR count). The maximum Gasteiger partial charge on any atom is 0.276 e. The first kappa shape index (κ1) is 21.2. The van der Waals surface area contributed by atoms with Gasteiger partial charge in [-0.2, -0.15) is 0 Å². The van der Waals surface area contributed by atoms with Crippen LogP contribution in [-0.2, 0) is 11.3 Å². The van der Waals surface area contributed by atoms with E-state index < -0.39 is 17.2 Å². The average molecular weight is 458 g/mol. The second kappa shape index (κ2) is 8.99. The molecule has 1 N–H and O–H groups in total. The van der Waals surface area contributed by atoms with Gasteiger partial charge in [0.15, 0.2) is 5.16 Å². The molecule has 0 aliphatic heterocycles. The lowest BCUT2D eigenvalue weighted by Gasteiger charge is -2.12. The molecule has 0 aliphatic carbocycles. The van der Waals surface area contributed by atoms with Crippen LogP contribution >= 0.6 is 23.1 Å². The molecule has 0 bridgehead atoms. The number of nitrogens with zero attached hydrogens (tertiary/aromatic N) is 2. The Kier molecular flexibility index (Phi) is 6.15. The summed E-state index contributed by atoms with van der Waals surface area (Å²) < 4.78 is 29.1. The molecule has 2 heterocycles. The Morgan fingerprint density at radius 2 is 1.84 bits per heavy atom. The van der Waals surface area contributed by atoms with Gasteiger partial charge < -0.3 is 5.32 Å². The Bertz CT molecular complexity index is 1300. The molecule has 2 aromatic heterocycles. The lowest BCUT2D eigenvalue weighted by Crippen LogP contribution is -2.26. The van der Waals surface area contributed by atoms with Crippen molar-refractivity contribution in [3.8, 4) is 5.69 Å². The summed E-state index contributed by atoms with van der Waals surface area (Å²) in [6.07, 6.45) is 0. The molecule has 0 unspecified atom stereocenters. The summed E-state index contributed by atoms with van der Waals surface area (Å²) in [7, 11) is 0. The van der Waals surface area contributed by atoms with Crippen LogP contribution in [0.25, 0.3) is 15.9 Å². The van der Waals surface area contributed by atoms with Gasteiger partial charge in [-0.15, -0.1) is 11.3 Å². The number of nitrogens with one attached hydrogen (secondary N) is 1. The third-order valence-electron chi connectivity index (χ3n) is 4.50. The average Bonchev–Trinajstić information content (AvgIpc) is 3.20. The quantitative estimate of drug-likeness (QED) is 0.343. The zero-order valence-corrected chi connectivity index (χ0v) is 18.0. The molecular weight excluding hydrogens is 440 g/mol. The first-order valence-corrected chi connectivity index (χ1v) is 11.2. The molecule has 0 saturated heterocycles. The molecule has 1 amide bonds. The van der Waals surface area contributed by atoms with Crippen molar-refractivity contribution >= 4 is 39.2 Å². The van der Waals surface area contributed by atoms with Crippen LogP contribution in [0.1, 0.15) is 11.1 Å². The van der Waals surface area contributed by atoms with Crippen LogP contribution < -0.4 is 10.9 Å². The van der Waals surface area contributed by atoms with Crippen molar-refractivity contribution in [2.45, 2.75) is 18.6 Å². The van der Waals surface area contributed by atoms with Crippen molar-refractivity contribution in [2.24, 2.45) is 0 Å². The van der Waals surface area contributed by atoms with E-state index in [0.717, 1.165) is 45.7 Å². The Balaban J connectivity index is 1.58. The van der Waals surface area contributed by atoms with E-state index in [9.17, 15) is 18.4 Å². The van der Waals surface area contributed by atoms with Crippen LogP contribution in [0.3, 0.4) is 0 Å². The number of hydrogen-bond donors (Lipinski definition) is 1. The number of benzene rings is 2. The van der Waals surface area contributed by atoms with Gasteiger partial charge in [0.05, 0.1) is 17.0 Å². The summed E-state index contributed by atoms with van der Waals surface area (Å²) in [6.45, 7) is 2.36. The van der Waals surface area contributed by atoms with Gasteiger partial charge in [-0.25, -0.2) is 13.8 Å². The number of aryl methyl sites for hydroxylation is 1. The van der Waals surface area contributed by atoms with E-state index in [1.807, 2.05) is 31.2 Å². The SMILES string of the molecule is Cc1ccc(CNC(=O)CSc2nc3ccsc3c(=O)n2-c2cc(F)cc(F)c2)cc1. The number of carbonyl (C=O) groups excluding carboxylic acids is 1. The van der Waals surface area contributed by atoms with Gasteiger partial charge in [0.2, 0.25) is 5.91 Å². The number of amides is 1. The van der Waals surface area contributed by atoms with Crippen molar-refractivity contribution < 1.29 is 13.6 Å². The van der Waals surface area contributed by atoms with E-state index >= 15 is 0 Å². The van der Waals surface area contributed by atoms with Gasteiger partial charge in [-0.3, -0.25) is 14.2 Å². The Morgan fingerprint density at radius 1 is 1.13 bits per heavy atom. The van der Waals surface area contributed by atoms with Crippen molar-refractivity contribution in [1.29, 1.82) is 0 Å². The van der Waals surface area contributed by atoms with Gasteiger partial charge in [0.1, 0.15) is 16.3 Å². The number of hydrogen-bond acceptors (Lipinski definition) is 5. The minimum Gasteiger partial charge on any atom is -0.351 e. The molecule has 0 spiro atoms. The minimum absolute atomic E-state index is 0.00819. The Morgan fingerprint density at radius 3 is 2.55 bits per heavy atom. The summed E-state index contributed by atoms with van der Waals surface area (Å²) >= 11 is 2.23. The summed E-state index contributed by atoms with van der Waals surface area (Å²) in [5, 5.41) is 4.73. The van der Waals surface area contributed by atoms with Gasteiger partial charge in [0, 0.05) is 12.6 Å². The third-order valence-corrected chi connectivity index (χ3v) is 6.33. The van der Waals surface area contributed by atoms with E-state index in [-0.39, 0.29) is 22.5 Å². The maximum atomic E-state index is 13.8. The molecule has 0 radical (unpaired) electrons. The number of carbonyl (C=O) groups is 1. The van der Waals surface area contributed by atoms with Crippen LogP contribution in [-0.4, -0.2) is 21.2 Å². The molecule has 5 nitrogen and oxygen atoms in total. The summed E-state index contributed by atoms with van der Waals surface area (Å²) in [5.41, 5.74) is 2.16. The number of rotatable bonds is 6. The number of halogens is 2. The van der Waals surface area contributed by atoms with Crippen molar-refractivity contribution in [3.63, 3.8) is 0 Å². The summed E-state index contributed by atoms with van der Waals surface area (Å²) in [6, 6.07) is 12.4. The van der Waals surface area contributed by atoms with Crippen LogP contribution in [0, 0.1) is 18.6 Å². The van der Waals surface area contributed by atoms with Gasteiger partial charge in [-0.05, 0) is 36.1 Å². The van der Waals surface area contributed by atoms with E-state index in [4.69, 9.17) is 0 Å².